The molecule has 2 N–H and O–H groups in total. The molecule has 1 aromatic heterocycles. The first-order valence-corrected chi connectivity index (χ1v) is 8.25. The summed E-state index contributed by atoms with van der Waals surface area (Å²) in [6, 6.07) is 9.21. The van der Waals surface area contributed by atoms with Crippen LogP contribution in [0.4, 0.5) is 11.6 Å². The van der Waals surface area contributed by atoms with Gasteiger partial charge in [0.15, 0.2) is 0 Å². The zero-order valence-corrected chi connectivity index (χ0v) is 13.5. The van der Waals surface area contributed by atoms with Crippen LogP contribution < -0.4 is 10.6 Å². The van der Waals surface area contributed by atoms with E-state index in [-0.39, 0.29) is 11.9 Å². The van der Waals surface area contributed by atoms with Crippen molar-refractivity contribution in [3.05, 3.63) is 47.2 Å². The molecular formula is C17H19ClN4O. The molecule has 1 aliphatic carbocycles. The first-order valence-electron chi connectivity index (χ1n) is 7.88. The molecule has 0 unspecified atom stereocenters. The van der Waals surface area contributed by atoms with E-state index < -0.39 is 0 Å². The van der Waals surface area contributed by atoms with Crippen LogP contribution in [0, 0.1) is 0 Å². The molecule has 0 aliphatic heterocycles. The Bertz CT molecular complexity index is 686. The summed E-state index contributed by atoms with van der Waals surface area (Å²) in [7, 11) is 0. The van der Waals surface area contributed by atoms with Gasteiger partial charge in [0.1, 0.15) is 5.69 Å². The average molecular weight is 331 g/mol. The molecule has 2 aromatic rings. The molecule has 0 atom stereocenters. The number of amides is 1. The van der Waals surface area contributed by atoms with Crippen molar-refractivity contribution in [3.63, 3.8) is 0 Å². The summed E-state index contributed by atoms with van der Waals surface area (Å²) >= 11 is 6.11. The predicted molar refractivity (Wildman–Crippen MR) is 91.1 cm³/mol. The predicted octanol–water partition coefficient (Wildman–Crippen LogP) is 3.94. The highest BCUT2D eigenvalue weighted by atomic mass is 35.5. The molecule has 3 rings (SSSR count). The molecule has 0 spiro atoms. The van der Waals surface area contributed by atoms with Crippen molar-refractivity contribution in [2.24, 2.45) is 0 Å². The van der Waals surface area contributed by atoms with E-state index in [1.54, 1.807) is 18.3 Å². The number of para-hydroxylation sites is 1. The van der Waals surface area contributed by atoms with Gasteiger partial charge in [-0.05, 0) is 31.0 Å². The van der Waals surface area contributed by atoms with Crippen LogP contribution in [0.25, 0.3) is 0 Å². The van der Waals surface area contributed by atoms with Crippen molar-refractivity contribution in [1.82, 2.24) is 15.3 Å². The Labute approximate surface area is 140 Å². The molecule has 0 radical (unpaired) electrons. The first-order chi connectivity index (χ1) is 11.2. The van der Waals surface area contributed by atoms with Gasteiger partial charge in [0.2, 0.25) is 5.95 Å². The third kappa shape index (κ3) is 4.20. The summed E-state index contributed by atoms with van der Waals surface area (Å²) in [5.41, 5.74) is 1.07. The highest BCUT2D eigenvalue weighted by Gasteiger charge is 2.17. The SMILES string of the molecule is O=C(NC1CCCCC1)c1ccnc(Nc2ccccc2Cl)n1. The summed E-state index contributed by atoms with van der Waals surface area (Å²) in [5, 5.41) is 6.67. The van der Waals surface area contributed by atoms with Gasteiger partial charge in [-0.25, -0.2) is 9.97 Å². The number of aromatic nitrogens is 2. The first kappa shape index (κ1) is 15.7. The molecule has 6 heteroatoms. The molecule has 1 amide bonds. The van der Waals surface area contributed by atoms with E-state index in [9.17, 15) is 4.79 Å². The van der Waals surface area contributed by atoms with Crippen LogP contribution in [-0.2, 0) is 0 Å². The number of anilines is 2. The molecule has 1 fully saturated rings. The Kier molecular flexibility index (Phi) is 5.08. The topological polar surface area (TPSA) is 66.9 Å². The summed E-state index contributed by atoms with van der Waals surface area (Å²) < 4.78 is 0. The lowest BCUT2D eigenvalue weighted by Gasteiger charge is -2.22. The Balaban J connectivity index is 1.69. The van der Waals surface area contributed by atoms with Crippen molar-refractivity contribution in [2.75, 3.05) is 5.32 Å². The van der Waals surface area contributed by atoms with Gasteiger partial charge in [0.25, 0.3) is 5.91 Å². The summed E-state index contributed by atoms with van der Waals surface area (Å²) in [6.45, 7) is 0. The molecule has 0 bridgehead atoms. The van der Waals surface area contributed by atoms with Gasteiger partial charge in [-0.1, -0.05) is 43.0 Å². The average Bonchev–Trinajstić information content (AvgIpc) is 2.58. The molecule has 1 aliphatic rings. The minimum Gasteiger partial charge on any atom is -0.348 e. The molecule has 0 saturated heterocycles. The van der Waals surface area contributed by atoms with Gasteiger partial charge < -0.3 is 10.6 Å². The van der Waals surface area contributed by atoms with E-state index >= 15 is 0 Å². The number of benzene rings is 1. The van der Waals surface area contributed by atoms with Gasteiger partial charge in [-0.2, -0.15) is 0 Å². The maximum atomic E-state index is 12.3. The molecule has 5 nitrogen and oxygen atoms in total. The second kappa shape index (κ2) is 7.42. The van der Waals surface area contributed by atoms with Crippen LogP contribution in [0.15, 0.2) is 36.5 Å². The molecular weight excluding hydrogens is 312 g/mol. The van der Waals surface area contributed by atoms with E-state index in [1.165, 1.54) is 19.3 Å². The zero-order chi connectivity index (χ0) is 16.1. The Morgan fingerprint density at radius 1 is 1.13 bits per heavy atom. The number of rotatable bonds is 4. The van der Waals surface area contributed by atoms with Crippen LogP contribution in [-0.4, -0.2) is 21.9 Å². The van der Waals surface area contributed by atoms with E-state index in [0.717, 1.165) is 12.8 Å². The summed E-state index contributed by atoms with van der Waals surface area (Å²) in [4.78, 5) is 20.8. The van der Waals surface area contributed by atoms with Crippen LogP contribution >= 0.6 is 11.6 Å². The minimum absolute atomic E-state index is 0.151. The van der Waals surface area contributed by atoms with Crippen molar-refractivity contribution in [2.45, 2.75) is 38.1 Å². The van der Waals surface area contributed by atoms with Gasteiger partial charge in [0, 0.05) is 12.2 Å². The molecule has 1 heterocycles. The van der Waals surface area contributed by atoms with Gasteiger partial charge in [0.05, 0.1) is 10.7 Å². The number of hydrogen-bond acceptors (Lipinski definition) is 4. The van der Waals surface area contributed by atoms with E-state index in [4.69, 9.17) is 11.6 Å². The molecule has 1 saturated carbocycles. The summed E-state index contributed by atoms with van der Waals surface area (Å²) in [6.07, 6.45) is 7.26. The van der Waals surface area contributed by atoms with Gasteiger partial charge in [-0.15, -0.1) is 0 Å². The van der Waals surface area contributed by atoms with Crippen molar-refractivity contribution in [3.8, 4) is 0 Å². The number of carbonyl (C=O) groups is 1. The lowest BCUT2D eigenvalue weighted by atomic mass is 9.95. The molecule has 1 aromatic carbocycles. The summed E-state index contributed by atoms with van der Waals surface area (Å²) in [5.74, 6) is 0.205. The van der Waals surface area contributed by atoms with Crippen LogP contribution in [0.2, 0.25) is 5.02 Å². The Morgan fingerprint density at radius 2 is 1.91 bits per heavy atom. The second-order valence-corrected chi connectivity index (χ2v) is 6.09. The zero-order valence-electron chi connectivity index (χ0n) is 12.8. The van der Waals surface area contributed by atoms with Crippen LogP contribution in [0.1, 0.15) is 42.6 Å². The smallest absolute Gasteiger partial charge is 0.270 e. The van der Waals surface area contributed by atoms with Crippen LogP contribution in [0.3, 0.4) is 0 Å². The van der Waals surface area contributed by atoms with E-state index in [2.05, 4.69) is 20.6 Å². The van der Waals surface area contributed by atoms with E-state index in [0.29, 0.717) is 22.4 Å². The Morgan fingerprint density at radius 3 is 2.70 bits per heavy atom. The molecule has 120 valence electrons. The van der Waals surface area contributed by atoms with Crippen LogP contribution in [0.5, 0.6) is 0 Å². The third-order valence-electron chi connectivity index (χ3n) is 3.95. The number of hydrogen-bond donors (Lipinski definition) is 2. The lowest BCUT2D eigenvalue weighted by molar-refractivity contribution is 0.0922. The maximum absolute atomic E-state index is 12.3. The number of nitrogens with zero attached hydrogens (tertiary/aromatic N) is 2. The third-order valence-corrected chi connectivity index (χ3v) is 4.28. The number of carbonyl (C=O) groups excluding carboxylic acids is 1. The van der Waals surface area contributed by atoms with Crippen molar-refractivity contribution < 1.29 is 4.79 Å². The number of nitrogens with one attached hydrogen (secondary N) is 2. The van der Waals surface area contributed by atoms with Crippen molar-refractivity contribution in [1.29, 1.82) is 0 Å². The maximum Gasteiger partial charge on any atom is 0.270 e. The largest absolute Gasteiger partial charge is 0.348 e. The quantitative estimate of drug-likeness (QED) is 0.891. The van der Waals surface area contributed by atoms with E-state index in [1.807, 2.05) is 18.2 Å². The Hall–Kier alpha value is -2.14. The minimum atomic E-state index is -0.151. The standard InChI is InChI=1S/C17H19ClN4O/c18-13-8-4-5-9-14(13)21-17-19-11-10-15(22-17)16(23)20-12-6-2-1-3-7-12/h4-5,8-12H,1-3,6-7H2,(H,20,23)(H,19,21,22). The van der Waals surface area contributed by atoms with Crippen molar-refractivity contribution >= 4 is 29.1 Å². The second-order valence-electron chi connectivity index (χ2n) is 5.68. The fraction of sp³-hybridized carbons (Fsp3) is 0.353. The molecule has 23 heavy (non-hydrogen) atoms. The fourth-order valence-electron chi connectivity index (χ4n) is 2.73. The normalized spacial score (nSPS) is 15.2. The van der Waals surface area contributed by atoms with Gasteiger partial charge >= 0.3 is 0 Å². The number of halogens is 1. The fourth-order valence-corrected chi connectivity index (χ4v) is 2.92. The highest BCUT2D eigenvalue weighted by Crippen LogP contribution is 2.23. The monoisotopic (exact) mass is 330 g/mol. The highest BCUT2D eigenvalue weighted by molar-refractivity contribution is 6.33. The van der Waals surface area contributed by atoms with Gasteiger partial charge in [-0.3, -0.25) is 4.79 Å². The lowest BCUT2D eigenvalue weighted by Crippen LogP contribution is -2.36.